The third kappa shape index (κ3) is 4.77. The molecule has 0 saturated heterocycles. The Morgan fingerprint density at radius 2 is 2.12 bits per heavy atom. The standard InChI is InChI=1S/C17H24N4O2.2ClH/c1-21-8-7-16(22)19-14-9-11(5-6-15(14)21)17(23)20-13-4-2-3-12(13)10-18;;/h5-6,9,12-13H,2-4,7-8,10,18H2,1H3,(H,19,22)(H,20,23);2*1H. The number of carbonyl (C=O) groups is 2. The van der Waals surface area contributed by atoms with Crippen LogP contribution in [0.1, 0.15) is 36.0 Å². The third-order valence-corrected chi connectivity index (χ3v) is 4.90. The molecule has 25 heavy (non-hydrogen) atoms. The third-order valence-electron chi connectivity index (χ3n) is 4.90. The van der Waals surface area contributed by atoms with Gasteiger partial charge in [-0.1, -0.05) is 6.42 Å². The highest BCUT2D eigenvalue weighted by atomic mass is 35.5. The van der Waals surface area contributed by atoms with E-state index in [9.17, 15) is 9.59 Å². The van der Waals surface area contributed by atoms with Gasteiger partial charge in [-0.25, -0.2) is 0 Å². The fourth-order valence-corrected chi connectivity index (χ4v) is 3.47. The summed E-state index contributed by atoms with van der Waals surface area (Å²) in [7, 11) is 1.95. The van der Waals surface area contributed by atoms with Crippen LogP contribution >= 0.6 is 24.8 Å². The van der Waals surface area contributed by atoms with Gasteiger partial charge in [-0.3, -0.25) is 9.59 Å². The van der Waals surface area contributed by atoms with Crippen LogP contribution in [-0.4, -0.2) is 38.0 Å². The molecule has 2 amide bonds. The molecule has 0 aromatic heterocycles. The Morgan fingerprint density at radius 3 is 2.84 bits per heavy atom. The second kappa shape index (κ2) is 9.27. The molecule has 0 radical (unpaired) electrons. The zero-order valence-electron chi connectivity index (χ0n) is 14.3. The van der Waals surface area contributed by atoms with E-state index in [0.717, 1.165) is 24.9 Å². The number of rotatable bonds is 3. The highest BCUT2D eigenvalue weighted by molar-refractivity contribution is 6.01. The van der Waals surface area contributed by atoms with Gasteiger partial charge in [0.05, 0.1) is 11.4 Å². The molecular formula is C17H26Cl2N4O2. The van der Waals surface area contributed by atoms with Crippen LogP contribution in [0, 0.1) is 5.92 Å². The van der Waals surface area contributed by atoms with Crippen molar-refractivity contribution >= 4 is 48.0 Å². The summed E-state index contributed by atoms with van der Waals surface area (Å²) in [6, 6.07) is 5.62. The number of halogens is 2. The number of nitrogens with one attached hydrogen (secondary N) is 2. The highest BCUT2D eigenvalue weighted by Crippen LogP contribution is 2.29. The predicted octanol–water partition coefficient (Wildman–Crippen LogP) is 2.17. The van der Waals surface area contributed by atoms with Crippen molar-refractivity contribution in [1.29, 1.82) is 0 Å². The van der Waals surface area contributed by atoms with Crippen LogP contribution in [0.3, 0.4) is 0 Å². The fourth-order valence-electron chi connectivity index (χ4n) is 3.47. The second-order valence-corrected chi connectivity index (χ2v) is 6.46. The van der Waals surface area contributed by atoms with Crippen molar-refractivity contribution in [3.63, 3.8) is 0 Å². The van der Waals surface area contributed by atoms with Crippen LogP contribution in [0.2, 0.25) is 0 Å². The van der Waals surface area contributed by atoms with E-state index in [2.05, 4.69) is 10.6 Å². The maximum absolute atomic E-state index is 12.5. The second-order valence-electron chi connectivity index (χ2n) is 6.46. The average Bonchev–Trinajstić information content (AvgIpc) is 2.93. The monoisotopic (exact) mass is 388 g/mol. The molecule has 4 N–H and O–H groups in total. The number of nitrogens with two attached hydrogens (primary N) is 1. The van der Waals surface area contributed by atoms with Crippen LogP contribution < -0.4 is 21.3 Å². The summed E-state index contributed by atoms with van der Waals surface area (Å²) in [5, 5.41) is 5.98. The summed E-state index contributed by atoms with van der Waals surface area (Å²) in [5.74, 6) is 0.247. The number of amides is 2. The number of benzene rings is 1. The lowest BCUT2D eigenvalue weighted by molar-refractivity contribution is -0.115. The van der Waals surface area contributed by atoms with Crippen LogP contribution in [0.25, 0.3) is 0 Å². The van der Waals surface area contributed by atoms with E-state index in [1.54, 1.807) is 6.07 Å². The van der Waals surface area contributed by atoms with E-state index in [1.165, 1.54) is 0 Å². The molecule has 1 saturated carbocycles. The first-order valence-corrected chi connectivity index (χ1v) is 8.24. The lowest BCUT2D eigenvalue weighted by Crippen LogP contribution is -2.39. The molecule has 1 fully saturated rings. The molecular weight excluding hydrogens is 363 g/mol. The Bertz CT molecular complexity index is 627. The van der Waals surface area contributed by atoms with Gasteiger partial charge in [0.15, 0.2) is 0 Å². The van der Waals surface area contributed by atoms with Crippen molar-refractivity contribution in [2.24, 2.45) is 11.7 Å². The Hall–Kier alpha value is -1.50. The normalized spacial score (nSPS) is 22.0. The first kappa shape index (κ1) is 21.5. The molecule has 1 aliphatic heterocycles. The molecule has 2 atom stereocenters. The topological polar surface area (TPSA) is 87.5 Å². The minimum Gasteiger partial charge on any atom is -0.372 e. The number of fused-ring (bicyclic) bond motifs is 1. The Balaban J connectivity index is 0.00000156. The zero-order valence-corrected chi connectivity index (χ0v) is 15.9. The van der Waals surface area contributed by atoms with Crippen molar-refractivity contribution in [1.82, 2.24) is 5.32 Å². The van der Waals surface area contributed by atoms with E-state index >= 15 is 0 Å². The minimum atomic E-state index is -0.0979. The van der Waals surface area contributed by atoms with Crippen molar-refractivity contribution < 1.29 is 9.59 Å². The summed E-state index contributed by atoms with van der Waals surface area (Å²) in [6.07, 6.45) is 3.62. The van der Waals surface area contributed by atoms with Crippen molar-refractivity contribution in [2.45, 2.75) is 31.7 Å². The first-order chi connectivity index (χ1) is 11.1. The maximum Gasteiger partial charge on any atom is 0.251 e. The number of anilines is 2. The maximum atomic E-state index is 12.5. The van der Waals surface area contributed by atoms with Gasteiger partial charge in [0.25, 0.3) is 5.91 Å². The zero-order chi connectivity index (χ0) is 16.4. The molecule has 1 aliphatic carbocycles. The summed E-state index contributed by atoms with van der Waals surface area (Å²) >= 11 is 0. The smallest absolute Gasteiger partial charge is 0.251 e. The van der Waals surface area contributed by atoms with Gasteiger partial charge in [-0.15, -0.1) is 24.8 Å². The van der Waals surface area contributed by atoms with Crippen LogP contribution in [0.15, 0.2) is 18.2 Å². The summed E-state index contributed by atoms with van der Waals surface area (Å²) in [4.78, 5) is 26.3. The fraction of sp³-hybridized carbons (Fsp3) is 0.529. The summed E-state index contributed by atoms with van der Waals surface area (Å²) < 4.78 is 0. The van der Waals surface area contributed by atoms with Gasteiger partial charge in [0.2, 0.25) is 5.91 Å². The van der Waals surface area contributed by atoms with Crippen molar-refractivity contribution in [3.8, 4) is 0 Å². The molecule has 1 heterocycles. The molecule has 6 nitrogen and oxygen atoms in total. The average molecular weight is 389 g/mol. The van der Waals surface area contributed by atoms with Gasteiger partial charge >= 0.3 is 0 Å². The molecule has 2 unspecified atom stereocenters. The van der Waals surface area contributed by atoms with E-state index in [4.69, 9.17) is 5.73 Å². The van der Waals surface area contributed by atoms with Gasteiger partial charge in [-0.05, 0) is 43.5 Å². The van der Waals surface area contributed by atoms with Crippen molar-refractivity contribution in [3.05, 3.63) is 23.8 Å². The lowest BCUT2D eigenvalue weighted by atomic mass is 10.0. The number of hydrogen-bond acceptors (Lipinski definition) is 4. The van der Waals surface area contributed by atoms with Crippen LogP contribution in [0.5, 0.6) is 0 Å². The van der Waals surface area contributed by atoms with Gasteiger partial charge in [0.1, 0.15) is 0 Å². The molecule has 140 valence electrons. The predicted molar refractivity (Wildman–Crippen MR) is 105 cm³/mol. The van der Waals surface area contributed by atoms with Gasteiger partial charge in [-0.2, -0.15) is 0 Å². The minimum absolute atomic E-state index is 0. The van der Waals surface area contributed by atoms with E-state index in [-0.39, 0.29) is 42.7 Å². The number of hydrogen-bond donors (Lipinski definition) is 3. The van der Waals surface area contributed by atoms with E-state index < -0.39 is 0 Å². The summed E-state index contributed by atoms with van der Waals surface area (Å²) in [5.41, 5.74) is 7.98. The lowest BCUT2D eigenvalue weighted by Gasteiger charge is -2.21. The largest absolute Gasteiger partial charge is 0.372 e. The molecule has 0 spiro atoms. The van der Waals surface area contributed by atoms with Crippen LogP contribution in [-0.2, 0) is 4.79 Å². The van der Waals surface area contributed by atoms with E-state index in [1.807, 2.05) is 24.1 Å². The molecule has 1 aromatic rings. The van der Waals surface area contributed by atoms with Gasteiger partial charge < -0.3 is 21.3 Å². The Morgan fingerprint density at radius 1 is 1.36 bits per heavy atom. The van der Waals surface area contributed by atoms with Crippen LogP contribution in [0.4, 0.5) is 11.4 Å². The van der Waals surface area contributed by atoms with E-state index in [0.29, 0.717) is 36.7 Å². The molecule has 0 bridgehead atoms. The number of carbonyl (C=O) groups excluding carboxylic acids is 2. The quantitative estimate of drug-likeness (QED) is 0.740. The molecule has 3 rings (SSSR count). The molecule has 2 aliphatic rings. The SMILES string of the molecule is CN1CCC(=O)Nc2cc(C(=O)NC3CCCC3CN)ccc21.Cl.Cl. The van der Waals surface area contributed by atoms with Gasteiger partial charge in [0, 0.05) is 31.6 Å². The van der Waals surface area contributed by atoms with Crippen molar-refractivity contribution in [2.75, 3.05) is 30.4 Å². The molecule has 8 heteroatoms. The number of nitrogens with zero attached hydrogens (tertiary/aromatic N) is 1. The Kier molecular flexibility index (Phi) is 7.99. The first-order valence-electron chi connectivity index (χ1n) is 8.24. The Labute approximate surface area is 160 Å². The summed E-state index contributed by atoms with van der Waals surface area (Å²) in [6.45, 7) is 1.28. The highest BCUT2D eigenvalue weighted by Gasteiger charge is 2.28. The molecule has 1 aromatic carbocycles.